The monoisotopic (exact) mass is 760 g/mol. The number of ether oxygens (including phenoxy) is 1. The van der Waals surface area contributed by atoms with Crippen LogP contribution in [0.3, 0.4) is 0 Å². The van der Waals surface area contributed by atoms with E-state index in [4.69, 9.17) is 4.74 Å². The number of amides is 1. The Bertz CT molecular complexity index is 2020. The molecule has 296 valence electrons. The number of aromatic amines is 1. The molecule has 6 rings (SSSR count). The van der Waals surface area contributed by atoms with E-state index in [0.717, 1.165) is 89.5 Å². The van der Waals surface area contributed by atoms with Crippen molar-refractivity contribution in [1.82, 2.24) is 15.2 Å². The lowest BCUT2D eigenvalue weighted by atomic mass is 9.84. The molecule has 10 heteroatoms. The average molecular weight is 761 g/mol. The lowest BCUT2D eigenvalue weighted by molar-refractivity contribution is 0.153. The molecule has 0 aliphatic carbocycles. The number of rotatable bonds is 20. The number of nitrogens with zero attached hydrogens (tertiary/aromatic N) is 2. The minimum absolute atomic E-state index is 0.0157. The first-order valence-electron chi connectivity index (χ1n) is 20.2. The van der Waals surface area contributed by atoms with Crippen LogP contribution in [0.4, 0.5) is 10.5 Å². The molecule has 1 fully saturated rings. The molecule has 10 nitrogen and oxygen atoms in total. The molecule has 5 aromatic rings. The van der Waals surface area contributed by atoms with Gasteiger partial charge in [0.25, 0.3) is 0 Å². The number of aromatic nitrogens is 1. The molecule has 56 heavy (non-hydrogen) atoms. The summed E-state index contributed by atoms with van der Waals surface area (Å²) in [4.78, 5) is 31.3. The number of phenols is 1. The molecular formula is C46H56N4O6. The molecule has 1 saturated heterocycles. The Kier molecular flexibility index (Phi) is 14.9. The quantitative estimate of drug-likeness (QED) is 0.0497. The normalized spacial score (nSPS) is 14.7. The van der Waals surface area contributed by atoms with E-state index in [9.17, 15) is 24.9 Å². The molecule has 0 bridgehead atoms. The molecule has 1 aromatic heterocycles. The van der Waals surface area contributed by atoms with Crippen LogP contribution in [0.2, 0.25) is 0 Å². The van der Waals surface area contributed by atoms with E-state index in [1.807, 2.05) is 60.7 Å². The SMILES string of the molecule is O=C(O)N(c1cccc(OCCCCCCCCCNC[C@H](O)c2ccc(O)c3[nH]c(=O)ccc23)c1)C(c1ccccc1)C1CCN(Cc2ccccc2)CC1. The summed E-state index contributed by atoms with van der Waals surface area (Å²) in [5.41, 5.74) is 3.65. The number of likely N-dealkylation sites (tertiary alicyclic amines) is 1. The van der Waals surface area contributed by atoms with Gasteiger partial charge in [0.2, 0.25) is 5.56 Å². The zero-order valence-corrected chi connectivity index (χ0v) is 32.2. The van der Waals surface area contributed by atoms with Crippen LogP contribution in [0, 0.1) is 5.92 Å². The molecule has 1 aliphatic rings. The molecule has 2 heterocycles. The number of fused-ring (bicyclic) bond motifs is 1. The van der Waals surface area contributed by atoms with Crippen LogP contribution in [-0.4, -0.2) is 64.1 Å². The highest BCUT2D eigenvalue weighted by molar-refractivity contribution is 5.88. The number of piperidine rings is 1. The second kappa shape index (κ2) is 20.7. The van der Waals surface area contributed by atoms with Crippen LogP contribution in [-0.2, 0) is 6.54 Å². The number of anilines is 1. The third-order valence-electron chi connectivity index (χ3n) is 10.9. The molecule has 5 N–H and O–H groups in total. The van der Waals surface area contributed by atoms with Gasteiger partial charge < -0.3 is 30.4 Å². The van der Waals surface area contributed by atoms with Gasteiger partial charge in [0.1, 0.15) is 11.5 Å². The molecule has 0 radical (unpaired) electrons. The summed E-state index contributed by atoms with van der Waals surface area (Å²) in [7, 11) is 0. The number of carboxylic acid groups (broad SMARTS) is 1. The van der Waals surface area contributed by atoms with Crippen molar-refractivity contribution in [3.05, 3.63) is 136 Å². The van der Waals surface area contributed by atoms with E-state index < -0.39 is 12.2 Å². The smallest absolute Gasteiger partial charge is 0.412 e. The lowest BCUT2D eigenvalue weighted by Gasteiger charge is -2.40. The highest BCUT2D eigenvalue weighted by atomic mass is 16.5. The van der Waals surface area contributed by atoms with Crippen molar-refractivity contribution >= 4 is 22.7 Å². The van der Waals surface area contributed by atoms with Crippen LogP contribution in [0.1, 0.15) is 86.6 Å². The van der Waals surface area contributed by atoms with Crippen LogP contribution < -0.4 is 20.5 Å². The van der Waals surface area contributed by atoms with Gasteiger partial charge in [0, 0.05) is 30.6 Å². The van der Waals surface area contributed by atoms with Gasteiger partial charge in [-0.15, -0.1) is 0 Å². The third-order valence-corrected chi connectivity index (χ3v) is 10.9. The second-order valence-electron chi connectivity index (χ2n) is 14.9. The number of carbonyl (C=O) groups is 1. The number of H-pyrrole nitrogens is 1. The fourth-order valence-electron chi connectivity index (χ4n) is 7.99. The Labute approximate surface area is 329 Å². The maximum Gasteiger partial charge on any atom is 0.412 e. The number of unbranched alkanes of at least 4 members (excludes halogenated alkanes) is 6. The fourth-order valence-corrected chi connectivity index (χ4v) is 7.99. The largest absolute Gasteiger partial charge is 0.506 e. The number of aliphatic hydroxyl groups excluding tert-OH is 1. The highest BCUT2D eigenvalue weighted by Crippen LogP contribution is 2.39. The van der Waals surface area contributed by atoms with Crippen molar-refractivity contribution in [2.24, 2.45) is 5.92 Å². The van der Waals surface area contributed by atoms with Gasteiger partial charge in [0.05, 0.1) is 30.0 Å². The summed E-state index contributed by atoms with van der Waals surface area (Å²) >= 11 is 0. The Morgan fingerprint density at radius 3 is 2.27 bits per heavy atom. The van der Waals surface area contributed by atoms with Crippen molar-refractivity contribution in [1.29, 1.82) is 0 Å². The topological polar surface area (TPSA) is 138 Å². The summed E-state index contributed by atoms with van der Waals surface area (Å²) in [6.07, 6.45) is 7.65. The minimum atomic E-state index is -0.960. The highest BCUT2D eigenvalue weighted by Gasteiger charge is 2.35. The molecule has 2 atom stereocenters. The van der Waals surface area contributed by atoms with E-state index in [2.05, 4.69) is 39.5 Å². The van der Waals surface area contributed by atoms with Crippen LogP contribution >= 0.6 is 0 Å². The predicted octanol–water partition coefficient (Wildman–Crippen LogP) is 8.80. The summed E-state index contributed by atoms with van der Waals surface area (Å²) in [6.45, 7) is 4.53. The van der Waals surface area contributed by atoms with Crippen molar-refractivity contribution in [2.45, 2.75) is 76.5 Å². The van der Waals surface area contributed by atoms with Crippen molar-refractivity contribution < 1.29 is 24.9 Å². The van der Waals surface area contributed by atoms with Crippen molar-refractivity contribution in [3.8, 4) is 11.5 Å². The van der Waals surface area contributed by atoms with E-state index in [1.54, 1.807) is 17.0 Å². The van der Waals surface area contributed by atoms with E-state index in [1.165, 1.54) is 17.7 Å². The Morgan fingerprint density at radius 1 is 0.839 bits per heavy atom. The second-order valence-corrected chi connectivity index (χ2v) is 14.9. The fraction of sp³-hybridized carbons (Fsp3) is 0.391. The third kappa shape index (κ3) is 11.2. The standard InChI is InChI=1S/C46H56N4O6/c51-41-23-21-39(40-22-24-43(53)48-44(40)41)42(52)32-47-27-12-4-2-1-3-5-13-30-56-38-20-14-19-37(31-38)50(46(54)55)45(35-17-10-7-11-18-35)36-25-28-49(29-26-36)33-34-15-8-6-9-16-34/h6-11,14-24,31,36,42,45,47,51-52H,1-5,12-13,25-30,32-33H2,(H,48,53)(H,54,55)/t42-,45?/m0/s1. The van der Waals surface area contributed by atoms with E-state index in [-0.39, 0.29) is 23.3 Å². The summed E-state index contributed by atoms with van der Waals surface area (Å²) in [5.74, 6) is 0.851. The molecule has 1 amide bonds. The number of hydrogen-bond donors (Lipinski definition) is 5. The van der Waals surface area contributed by atoms with E-state index in [0.29, 0.717) is 41.1 Å². The molecule has 1 aliphatic heterocycles. The minimum Gasteiger partial charge on any atom is -0.506 e. The maximum atomic E-state index is 13.0. The van der Waals surface area contributed by atoms with Gasteiger partial charge in [-0.1, -0.05) is 105 Å². The summed E-state index contributed by atoms with van der Waals surface area (Å²) in [6, 6.07) is 34.0. The van der Waals surface area contributed by atoms with Crippen LogP contribution in [0.5, 0.6) is 11.5 Å². The van der Waals surface area contributed by atoms with Gasteiger partial charge in [0.15, 0.2) is 0 Å². The molecule has 4 aromatic carbocycles. The van der Waals surface area contributed by atoms with Crippen LogP contribution in [0.15, 0.2) is 114 Å². The predicted molar refractivity (Wildman–Crippen MR) is 222 cm³/mol. The van der Waals surface area contributed by atoms with Gasteiger partial charge in [-0.2, -0.15) is 0 Å². The van der Waals surface area contributed by atoms with Crippen molar-refractivity contribution in [3.63, 3.8) is 0 Å². The zero-order chi connectivity index (χ0) is 39.1. The first kappa shape index (κ1) is 40.5. The Balaban J connectivity index is 0.905. The van der Waals surface area contributed by atoms with Crippen molar-refractivity contribution in [2.75, 3.05) is 37.7 Å². The average Bonchev–Trinajstić information content (AvgIpc) is 3.21. The first-order chi connectivity index (χ1) is 27.4. The molecule has 1 unspecified atom stereocenters. The number of pyridine rings is 1. The maximum absolute atomic E-state index is 13.0. The number of aromatic hydroxyl groups is 1. The summed E-state index contributed by atoms with van der Waals surface area (Å²) in [5, 5.41) is 35.5. The van der Waals surface area contributed by atoms with Crippen LogP contribution in [0.25, 0.3) is 10.9 Å². The number of hydrogen-bond acceptors (Lipinski definition) is 7. The first-order valence-corrected chi connectivity index (χ1v) is 20.2. The van der Waals surface area contributed by atoms with Gasteiger partial charge >= 0.3 is 6.09 Å². The lowest BCUT2D eigenvalue weighted by Crippen LogP contribution is -2.42. The van der Waals surface area contributed by atoms with Gasteiger partial charge in [-0.05, 0) is 92.2 Å². The number of phenolic OH excluding ortho intramolecular Hbond substituents is 1. The molecular weight excluding hydrogens is 705 g/mol. The molecule has 0 saturated carbocycles. The Hall–Kier alpha value is -5.16. The molecule has 0 spiro atoms. The summed E-state index contributed by atoms with van der Waals surface area (Å²) < 4.78 is 6.15. The number of nitrogens with one attached hydrogen (secondary N) is 2. The zero-order valence-electron chi connectivity index (χ0n) is 32.2. The number of benzene rings is 4. The van der Waals surface area contributed by atoms with Gasteiger partial charge in [-0.3, -0.25) is 14.6 Å². The van der Waals surface area contributed by atoms with Gasteiger partial charge in [-0.25, -0.2) is 4.79 Å². The number of aliphatic hydroxyl groups is 1. The Morgan fingerprint density at radius 2 is 1.54 bits per heavy atom. The van der Waals surface area contributed by atoms with E-state index >= 15 is 0 Å².